The summed E-state index contributed by atoms with van der Waals surface area (Å²) in [5.41, 5.74) is 8.66. The van der Waals surface area contributed by atoms with Crippen LogP contribution in [0.15, 0.2) is 41.6 Å². The van der Waals surface area contributed by atoms with Crippen LogP contribution in [0.25, 0.3) is 0 Å². The molecule has 0 bridgehead atoms. The Hall–Kier alpha value is -1.79. The maximum absolute atomic E-state index is 12.4. The van der Waals surface area contributed by atoms with Crippen LogP contribution in [-0.2, 0) is 23.0 Å². The predicted molar refractivity (Wildman–Crippen MR) is 72.9 cm³/mol. The van der Waals surface area contributed by atoms with E-state index in [1.54, 1.807) is 12.3 Å². The van der Waals surface area contributed by atoms with E-state index in [-0.39, 0.29) is 0 Å². The lowest BCUT2D eigenvalue weighted by Gasteiger charge is -2.28. The Bertz CT molecular complexity index is 693. The molecule has 0 aliphatic carbocycles. The third-order valence-corrected chi connectivity index (χ3v) is 5.32. The number of benzene rings is 1. The maximum atomic E-state index is 12.4. The first-order chi connectivity index (χ1) is 9.09. The van der Waals surface area contributed by atoms with Crippen molar-refractivity contribution in [3.05, 3.63) is 47.8 Å². The second kappa shape index (κ2) is 4.40. The van der Waals surface area contributed by atoms with Crippen molar-refractivity contribution in [3.8, 4) is 0 Å². The lowest BCUT2D eigenvalue weighted by atomic mass is 10.00. The molecule has 0 unspecified atom stereocenters. The fraction of sp³-hybridized carbons (Fsp3) is 0.231. The summed E-state index contributed by atoms with van der Waals surface area (Å²) in [6, 6.07) is 7.29. The van der Waals surface area contributed by atoms with Gasteiger partial charge in [0.15, 0.2) is 0 Å². The van der Waals surface area contributed by atoms with Gasteiger partial charge in [-0.3, -0.25) is 0 Å². The van der Waals surface area contributed by atoms with Crippen molar-refractivity contribution >= 4 is 15.7 Å². The number of hydrogen-bond donors (Lipinski definition) is 2. The molecule has 1 aromatic heterocycles. The molecule has 0 atom stereocenters. The van der Waals surface area contributed by atoms with Gasteiger partial charge in [0.2, 0.25) is 10.0 Å². The lowest BCUT2D eigenvalue weighted by molar-refractivity contribution is 0.392. The number of fused-ring (bicyclic) bond motifs is 1. The Labute approximate surface area is 112 Å². The number of H-pyrrole nitrogens is 1. The quantitative estimate of drug-likeness (QED) is 0.813. The van der Waals surface area contributed by atoms with E-state index in [2.05, 4.69) is 4.98 Å². The molecule has 0 saturated carbocycles. The smallest absolute Gasteiger partial charge is 0.244 e. The summed E-state index contributed by atoms with van der Waals surface area (Å²) in [4.78, 5) is 3.07. The third kappa shape index (κ3) is 2.02. The summed E-state index contributed by atoms with van der Waals surface area (Å²) >= 11 is 0. The van der Waals surface area contributed by atoms with Gasteiger partial charge < -0.3 is 10.7 Å². The van der Waals surface area contributed by atoms with E-state index in [1.807, 2.05) is 18.2 Å². The topological polar surface area (TPSA) is 79.2 Å². The van der Waals surface area contributed by atoms with Crippen LogP contribution in [0.2, 0.25) is 0 Å². The highest BCUT2D eigenvalue weighted by Gasteiger charge is 2.29. The predicted octanol–water partition coefficient (Wildman–Crippen LogP) is 1.34. The van der Waals surface area contributed by atoms with Gasteiger partial charge in [0.05, 0.1) is 4.90 Å². The summed E-state index contributed by atoms with van der Waals surface area (Å²) in [5.74, 6) is 0. The summed E-state index contributed by atoms with van der Waals surface area (Å²) in [6.07, 6.45) is 3.81. The summed E-state index contributed by atoms with van der Waals surface area (Å²) in [6.45, 7) is 0.833. The van der Waals surface area contributed by atoms with E-state index < -0.39 is 10.0 Å². The van der Waals surface area contributed by atoms with Crippen molar-refractivity contribution < 1.29 is 8.42 Å². The molecule has 1 aliphatic heterocycles. The Balaban J connectivity index is 1.97. The molecular weight excluding hydrogens is 262 g/mol. The first kappa shape index (κ1) is 12.3. The molecule has 0 spiro atoms. The number of sulfonamides is 1. The van der Waals surface area contributed by atoms with E-state index >= 15 is 0 Å². The van der Waals surface area contributed by atoms with Crippen LogP contribution < -0.4 is 5.73 Å². The molecule has 1 aromatic carbocycles. The van der Waals surface area contributed by atoms with Crippen LogP contribution >= 0.6 is 0 Å². The zero-order valence-electron chi connectivity index (χ0n) is 10.3. The van der Waals surface area contributed by atoms with Gasteiger partial charge in [-0.15, -0.1) is 0 Å². The molecule has 2 heterocycles. The van der Waals surface area contributed by atoms with Crippen molar-refractivity contribution in [1.29, 1.82) is 0 Å². The number of nitrogens with one attached hydrogen (secondary N) is 1. The van der Waals surface area contributed by atoms with E-state index in [0.717, 1.165) is 11.1 Å². The van der Waals surface area contributed by atoms with Gasteiger partial charge in [0.1, 0.15) is 0 Å². The highest BCUT2D eigenvalue weighted by molar-refractivity contribution is 7.89. The zero-order valence-corrected chi connectivity index (χ0v) is 11.2. The number of anilines is 1. The molecule has 3 rings (SSSR count). The van der Waals surface area contributed by atoms with Gasteiger partial charge in [-0.05, 0) is 29.7 Å². The minimum absolute atomic E-state index is 0.297. The largest absolute Gasteiger partial charge is 0.398 e. The SMILES string of the molecule is Nc1cccc2c1CN(S(=O)(=O)c1cc[nH]c1)CC2. The van der Waals surface area contributed by atoms with Crippen LogP contribution in [0.3, 0.4) is 0 Å². The van der Waals surface area contributed by atoms with Gasteiger partial charge in [-0.2, -0.15) is 4.31 Å². The van der Waals surface area contributed by atoms with Crippen molar-refractivity contribution in [1.82, 2.24) is 9.29 Å². The summed E-state index contributed by atoms with van der Waals surface area (Å²) < 4.78 is 26.4. The second-order valence-corrected chi connectivity index (χ2v) is 6.56. The molecule has 6 heteroatoms. The molecule has 19 heavy (non-hydrogen) atoms. The fourth-order valence-corrected chi connectivity index (χ4v) is 3.79. The van der Waals surface area contributed by atoms with Crippen molar-refractivity contribution in [2.75, 3.05) is 12.3 Å². The van der Waals surface area contributed by atoms with E-state index in [4.69, 9.17) is 5.73 Å². The normalized spacial score (nSPS) is 16.2. The summed E-state index contributed by atoms with van der Waals surface area (Å²) in [5, 5.41) is 0. The van der Waals surface area contributed by atoms with Crippen LogP contribution in [0.1, 0.15) is 11.1 Å². The van der Waals surface area contributed by atoms with Gasteiger partial charge in [0.25, 0.3) is 0 Å². The van der Waals surface area contributed by atoms with Crippen molar-refractivity contribution in [2.24, 2.45) is 0 Å². The minimum atomic E-state index is -3.43. The van der Waals surface area contributed by atoms with Crippen molar-refractivity contribution in [3.63, 3.8) is 0 Å². The summed E-state index contributed by atoms with van der Waals surface area (Å²) in [7, 11) is -3.43. The highest BCUT2D eigenvalue weighted by atomic mass is 32.2. The monoisotopic (exact) mass is 277 g/mol. The van der Waals surface area contributed by atoms with E-state index in [9.17, 15) is 8.42 Å². The van der Waals surface area contributed by atoms with Gasteiger partial charge in [-0.1, -0.05) is 12.1 Å². The van der Waals surface area contributed by atoms with Crippen LogP contribution in [0, 0.1) is 0 Å². The van der Waals surface area contributed by atoms with E-state index in [1.165, 1.54) is 10.5 Å². The molecule has 1 aliphatic rings. The molecule has 0 amide bonds. The van der Waals surface area contributed by atoms with Gasteiger partial charge in [0, 0.05) is 31.2 Å². The molecule has 0 radical (unpaired) electrons. The van der Waals surface area contributed by atoms with Crippen molar-refractivity contribution in [2.45, 2.75) is 17.9 Å². The second-order valence-electron chi connectivity index (χ2n) is 4.62. The van der Waals surface area contributed by atoms with Crippen LogP contribution in [0.4, 0.5) is 5.69 Å². The average molecular weight is 277 g/mol. The highest BCUT2D eigenvalue weighted by Crippen LogP contribution is 2.28. The standard InChI is InChI=1S/C13H15N3O2S/c14-13-3-1-2-10-5-7-16(9-12(10)13)19(17,18)11-4-6-15-8-11/h1-4,6,8,15H,5,7,9,14H2. The number of rotatable bonds is 2. The first-order valence-corrected chi connectivity index (χ1v) is 7.52. The number of aromatic amines is 1. The maximum Gasteiger partial charge on any atom is 0.244 e. The minimum Gasteiger partial charge on any atom is -0.398 e. The molecule has 0 saturated heterocycles. The average Bonchev–Trinajstić information content (AvgIpc) is 2.93. The number of hydrogen-bond acceptors (Lipinski definition) is 3. The molecular formula is C13H15N3O2S. The number of aromatic nitrogens is 1. The molecule has 100 valence electrons. The van der Waals surface area contributed by atoms with Gasteiger partial charge >= 0.3 is 0 Å². The molecule has 3 N–H and O–H groups in total. The lowest BCUT2D eigenvalue weighted by Crippen LogP contribution is -2.36. The van der Waals surface area contributed by atoms with E-state index in [0.29, 0.717) is 30.1 Å². The Morgan fingerprint density at radius 2 is 2.11 bits per heavy atom. The Kier molecular flexibility index (Phi) is 2.83. The first-order valence-electron chi connectivity index (χ1n) is 6.08. The molecule has 5 nitrogen and oxygen atoms in total. The molecule has 2 aromatic rings. The van der Waals surface area contributed by atoms with Crippen LogP contribution in [-0.4, -0.2) is 24.3 Å². The zero-order chi connectivity index (χ0) is 13.5. The van der Waals surface area contributed by atoms with Gasteiger partial charge in [-0.25, -0.2) is 8.42 Å². The Morgan fingerprint density at radius 1 is 1.26 bits per heavy atom. The van der Waals surface area contributed by atoms with Crippen LogP contribution in [0.5, 0.6) is 0 Å². The third-order valence-electron chi connectivity index (χ3n) is 3.48. The Morgan fingerprint density at radius 3 is 2.84 bits per heavy atom. The number of nitrogens with zero attached hydrogens (tertiary/aromatic N) is 1. The number of nitrogen functional groups attached to an aromatic ring is 1. The number of nitrogens with two attached hydrogens (primary N) is 1. The fourth-order valence-electron chi connectivity index (χ4n) is 2.41. The molecule has 0 fully saturated rings.